The number of sulfonamides is 1. The number of rotatable bonds is 6. The number of hydrogen-bond acceptors (Lipinski definition) is 5. The highest BCUT2D eigenvalue weighted by atomic mass is 32.2. The van der Waals surface area contributed by atoms with Gasteiger partial charge in [-0.3, -0.25) is 4.79 Å². The van der Waals surface area contributed by atoms with Gasteiger partial charge in [-0.1, -0.05) is 30.3 Å². The van der Waals surface area contributed by atoms with Gasteiger partial charge in [0, 0.05) is 48.6 Å². The Bertz CT molecular complexity index is 1190. The smallest absolute Gasteiger partial charge is 0.236 e. The summed E-state index contributed by atoms with van der Waals surface area (Å²) in [5.74, 6) is 0.647. The van der Waals surface area contributed by atoms with Crippen molar-refractivity contribution in [2.24, 2.45) is 0 Å². The summed E-state index contributed by atoms with van der Waals surface area (Å²) in [6.45, 7) is 1.27. The molecule has 0 N–H and O–H groups in total. The number of piperazine rings is 1. The molecule has 162 valence electrons. The summed E-state index contributed by atoms with van der Waals surface area (Å²) in [5.41, 5.74) is 2.30. The molecular formula is C23H24N2O5S. The van der Waals surface area contributed by atoms with E-state index < -0.39 is 10.0 Å². The van der Waals surface area contributed by atoms with Crippen LogP contribution in [0.25, 0.3) is 17.0 Å². The molecule has 0 atom stereocenters. The molecule has 0 spiro atoms. The molecule has 0 unspecified atom stereocenters. The molecule has 0 saturated carbocycles. The van der Waals surface area contributed by atoms with Crippen LogP contribution in [0, 0.1) is 0 Å². The van der Waals surface area contributed by atoms with Gasteiger partial charge in [-0.15, -0.1) is 0 Å². The van der Waals surface area contributed by atoms with E-state index in [0.717, 1.165) is 16.5 Å². The zero-order valence-corrected chi connectivity index (χ0v) is 18.0. The number of fused-ring (bicyclic) bond motifs is 1. The molecule has 1 fully saturated rings. The van der Waals surface area contributed by atoms with Crippen LogP contribution in [0.4, 0.5) is 0 Å². The fourth-order valence-electron chi connectivity index (χ4n) is 3.61. The predicted octanol–water partition coefficient (Wildman–Crippen LogP) is 3.13. The van der Waals surface area contributed by atoms with Crippen LogP contribution in [0.1, 0.15) is 11.1 Å². The molecule has 1 aliphatic rings. The molecule has 1 aliphatic heterocycles. The lowest BCUT2D eigenvalue weighted by Gasteiger charge is -2.33. The van der Waals surface area contributed by atoms with Crippen molar-refractivity contribution in [1.29, 1.82) is 0 Å². The number of nitrogens with zero attached hydrogens (tertiary/aromatic N) is 2. The minimum Gasteiger partial charge on any atom is -0.497 e. The van der Waals surface area contributed by atoms with Crippen molar-refractivity contribution in [2.45, 2.75) is 6.42 Å². The second kappa shape index (κ2) is 8.95. The molecule has 1 amide bonds. The van der Waals surface area contributed by atoms with Crippen LogP contribution in [0.5, 0.6) is 5.75 Å². The van der Waals surface area contributed by atoms with Crippen LogP contribution < -0.4 is 4.74 Å². The third-order valence-corrected chi connectivity index (χ3v) is 6.95. The van der Waals surface area contributed by atoms with Crippen LogP contribution in [-0.2, 0) is 21.2 Å². The Kier molecular flexibility index (Phi) is 6.11. The number of carbonyl (C=O) groups excluding carboxylic acids is 1. The van der Waals surface area contributed by atoms with Crippen LogP contribution in [0.15, 0.2) is 64.6 Å². The monoisotopic (exact) mass is 440 g/mol. The summed E-state index contributed by atoms with van der Waals surface area (Å²) >= 11 is 0. The van der Waals surface area contributed by atoms with Gasteiger partial charge < -0.3 is 14.1 Å². The van der Waals surface area contributed by atoms with Crippen molar-refractivity contribution in [3.05, 3.63) is 71.3 Å². The third kappa shape index (κ3) is 4.81. The number of carbonyl (C=O) groups is 1. The summed E-state index contributed by atoms with van der Waals surface area (Å²) in [4.78, 5) is 14.5. The second-order valence-electron chi connectivity index (χ2n) is 7.34. The molecule has 1 saturated heterocycles. The first-order chi connectivity index (χ1) is 15.0. The molecule has 7 nitrogen and oxygen atoms in total. The number of hydrogen-bond donors (Lipinski definition) is 0. The third-order valence-electron chi connectivity index (χ3n) is 5.39. The highest BCUT2D eigenvalue weighted by Crippen LogP contribution is 2.26. The lowest BCUT2D eigenvalue weighted by atomic mass is 10.1. The van der Waals surface area contributed by atoms with Crippen molar-refractivity contribution < 1.29 is 22.4 Å². The average molecular weight is 441 g/mol. The van der Waals surface area contributed by atoms with Gasteiger partial charge in [-0.25, -0.2) is 8.42 Å². The summed E-state index contributed by atoms with van der Waals surface area (Å²) in [6.07, 6.45) is 3.39. The Morgan fingerprint density at radius 3 is 2.55 bits per heavy atom. The fourth-order valence-corrected chi connectivity index (χ4v) is 4.78. The van der Waals surface area contributed by atoms with E-state index in [-0.39, 0.29) is 25.4 Å². The predicted molar refractivity (Wildman–Crippen MR) is 119 cm³/mol. The molecule has 2 aromatic carbocycles. The molecule has 31 heavy (non-hydrogen) atoms. The maximum Gasteiger partial charge on any atom is 0.236 e. The van der Waals surface area contributed by atoms with E-state index in [4.69, 9.17) is 9.15 Å². The molecule has 8 heteroatoms. The Morgan fingerprint density at radius 1 is 1.10 bits per heavy atom. The van der Waals surface area contributed by atoms with Crippen molar-refractivity contribution in [1.82, 2.24) is 9.21 Å². The van der Waals surface area contributed by atoms with E-state index >= 15 is 0 Å². The van der Waals surface area contributed by atoms with Crippen LogP contribution in [0.2, 0.25) is 0 Å². The van der Waals surface area contributed by atoms with Gasteiger partial charge in [-0.2, -0.15) is 4.31 Å². The summed E-state index contributed by atoms with van der Waals surface area (Å²) in [7, 11) is -1.94. The quantitative estimate of drug-likeness (QED) is 0.588. The topological polar surface area (TPSA) is 80.1 Å². The Balaban J connectivity index is 1.36. The van der Waals surface area contributed by atoms with Crippen molar-refractivity contribution in [2.75, 3.05) is 33.3 Å². The van der Waals surface area contributed by atoms with E-state index in [9.17, 15) is 13.2 Å². The van der Waals surface area contributed by atoms with Crippen molar-refractivity contribution in [3.8, 4) is 5.75 Å². The first-order valence-electron chi connectivity index (χ1n) is 10.0. The van der Waals surface area contributed by atoms with E-state index in [1.54, 1.807) is 30.4 Å². The molecule has 2 heterocycles. The highest BCUT2D eigenvalue weighted by Gasteiger charge is 2.27. The van der Waals surface area contributed by atoms with E-state index in [1.807, 2.05) is 42.5 Å². The highest BCUT2D eigenvalue weighted by molar-refractivity contribution is 7.92. The van der Waals surface area contributed by atoms with Gasteiger partial charge in [0.25, 0.3) is 0 Å². The summed E-state index contributed by atoms with van der Waals surface area (Å²) in [6, 6.07) is 14.8. The number of furan rings is 1. The largest absolute Gasteiger partial charge is 0.497 e. The van der Waals surface area contributed by atoms with E-state index in [2.05, 4.69) is 0 Å². The van der Waals surface area contributed by atoms with Crippen LogP contribution in [0.3, 0.4) is 0 Å². The Hall–Kier alpha value is -3.10. The lowest BCUT2D eigenvalue weighted by molar-refractivity contribution is -0.131. The maximum absolute atomic E-state index is 12.8. The number of amides is 1. The van der Waals surface area contributed by atoms with Crippen molar-refractivity contribution in [3.63, 3.8) is 0 Å². The first kappa shape index (κ1) is 21.1. The molecule has 0 bridgehead atoms. The van der Waals surface area contributed by atoms with E-state index in [1.165, 1.54) is 9.71 Å². The molecule has 3 aromatic rings. The molecular weight excluding hydrogens is 416 g/mol. The van der Waals surface area contributed by atoms with Gasteiger partial charge >= 0.3 is 0 Å². The first-order valence-corrected chi connectivity index (χ1v) is 11.5. The SMILES string of the molecule is COc1ccc2c(CC(=O)N3CCN(S(=O)(=O)C=Cc4ccccc4)CC3)coc2c1. The Labute approximate surface area is 181 Å². The number of ether oxygens (including phenoxy) is 1. The lowest BCUT2D eigenvalue weighted by Crippen LogP contribution is -2.50. The second-order valence-corrected chi connectivity index (χ2v) is 9.16. The summed E-state index contributed by atoms with van der Waals surface area (Å²) in [5, 5.41) is 2.10. The van der Waals surface area contributed by atoms with Gasteiger partial charge in [0.15, 0.2) is 0 Å². The number of benzene rings is 2. The molecule has 1 aromatic heterocycles. The van der Waals surface area contributed by atoms with Crippen molar-refractivity contribution >= 4 is 33.0 Å². The summed E-state index contributed by atoms with van der Waals surface area (Å²) < 4.78 is 37.4. The van der Waals surface area contributed by atoms with Gasteiger partial charge in [-0.05, 0) is 23.8 Å². The van der Waals surface area contributed by atoms with Crippen LogP contribution in [-0.4, -0.2) is 56.8 Å². The Morgan fingerprint density at radius 2 is 1.84 bits per heavy atom. The maximum atomic E-state index is 12.8. The van der Waals surface area contributed by atoms with E-state index in [0.29, 0.717) is 24.4 Å². The average Bonchev–Trinajstić information content (AvgIpc) is 3.20. The minimum atomic E-state index is -3.53. The normalized spacial score (nSPS) is 15.6. The molecule has 0 radical (unpaired) electrons. The number of methoxy groups -OCH3 is 1. The zero-order valence-electron chi connectivity index (χ0n) is 17.2. The van der Waals surface area contributed by atoms with Crippen LogP contribution >= 0.6 is 0 Å². The van der Waals surface area contributed by atoms with Gasteiger partial charge in [0.2, 0.25) is 15.9 Å². The van der Waals surface area contributed by atoms with Gasteiger partial charge in [0.05, 0.1) is 19.8 Å². The standard InChI is InChI=1S/C23H24N2O5S/c1-29-20-7-8-21-19(17-30-22(21)16-20)15-23(26)24-10-12-25(13-11-24)31(27,28)14-9-18-5-3-2-4-6-18/h2-9,14,16-17H,10-13,15H2,1H3. The minimum absolute atomic E-state index is 0.0459. The zero-order chi connectivity index (χ0) is 21.8. The molecule has 4 rings (SSSR count). The molecule has 0 aliphatic carbocycles. The fraction of sp³-hybridized carbons (Fsp3) is 0.261. The van der Waals surface area contributed by atoms with Gasteiger partial charge in [0.1, 0.15) is 11.3 Å².